The van der Waals surface area contributed by atoms with Crippen molar-refractivity contribution in [1.82, 2.24) is 20.2 Å². The van der Waals surface area contributed by atoms with Crippen LogP contribution in [0.2, 0.25) is 0 Å². The van der Waals surface area contributed by atoms with E-state index >= 15 is 0 Å². The van der Waals surface area contributed by atoms with Crippen LogP contribution >= 0.6 is 0 Å². The Morgan fingerprint density at radius 3 is 2.85 bits per heavy atom. The summed E-state index contributed by atoms with van der Waals surface area (Å²) in [7, 11) is 0. The van der Waals surface area contributed by atoms with Gasteiger partial charge in [-0.25, -0.2) is 0 Å². The fraction of sp³-hybridized carbons (Fsp3) is 0.226. The van der Waals surface area contributed by atoms with Crippen molar-refractivity contribution in [2.24, 2.45) is 0 Å². The van der Waals surface area contributed by atoms with E-state index in [0.29, 0.717) is 66.6 Å². The molecule has 8 bridgehead atoms. The molecular formula is C31H28N4O4. The van der Waals surface area contributed by atoms with Gasteiger partial charge < -0.3 is 19.7 Å². The molecule has 2 amide bonds. The SMILES string of the molecule is Cc1ncccc1C(=O)N1CCc2cc3ccc2C1c1cccc(c1)OCCCNC(=O)c1cncc(c1)O3. The Morgan fingerprint density at radius 1 is 1.03 bits per heavy atom. The molecule has 0 radical (unpaired) electrons. The molecular weight excluding hydrogens is 492 g/mol. The molecule has 8 nitrogen and oxygen atoms in total. The minimum atomic E-state index is -0.304. The van der Waals surface area contributed by atoms with Gasteiger partial charge >= 0.3 is 0 Å². The molecule has 5 heterocycles. The van der Waals surface area contributed by atoms with Gasteiger partial charge in [0.05, 0.1) is 30.0 Å². The van der Waals surface area contributed by atoms with Crippen molar-refractivity contribution in [3.8, 4) is 17.2 Å². The lowest BCUT2D eigenvalue weighted by atomic mass is 9.87. The Labute approximate surface area is 226 Å². The molecule has 196 valence electrons. The second-order valence-electron chi connectivity index (χ2n) is 9.69. The van der Waals surface area contributed by atoms with Crippen LogP contribution in [0.3, 0.4) is 0 Å². The van der Waals surface area contributed by atoms with Crippen LogP contribution in [0.4, 0.5) is 0 Å². The first-order valence-electron chi connectivity index (χ1n) is 13.1. The lowest BCUT2D eigenvalue weighted by Crippen LogP contribution is -2.41. The number of aromatic nitrogens is 2. The molecule has 3 aliphatic heterocycles. The molecule has 1 unspecified atom stereocenters. The first-order chi connectivity index (χ1) is 19.1. The van der Waals surface area contributed by atoms with Gasteiger partial charge in [-0.15, -0.1) is 0 Å². The molecule has 8 heteroatoms. The Bertz CT molecular complexity index is 1550. The minimum Gasteiger partial charge on any atom is -0.494 e. The number of ether oxygens (including phenoxy) is 2. The number of rotatable bonds is 1. The van der Waals surface area contributed by atoms with Crippen molar-refractivity contribution < 1.29 is 19.1 Å². The molecule has 0 aliphatic carbocycles. The molecule has 1 atom stereocenters. The molecule has 1 N–H and O–H groups in total. The van der Waals surface area contributed by atoms with Crippen LogP contribution in [-0.4, -0.2) is 46.4 Å². The first kappa shape index (κ1) is 24.6. The standard InChI is InChI=1S/C31H28N4O4/c1-20-27(7-3-11-33-20)31(37)35-13-10-21-15-25-8-9-28(21)29(35)22-5-2-6-24(16-22)38-14-4-12-34-30(36)23-17-26(39-25)19-32-18-23/h2-3,5-9,11,15-19,29H,4,10,12-14H2,1H3,(H,34,36). The second kappa shape index (κ2) is 10.6. The van der Waals surface area contributed by atoms with E-state index in [0.717, 1.165) is 16.7 Å². The van der Waals surface area contributed by atoms with Gasteiger partial charge in [0.1, 0.15) is 17.2 Å². The Hall–Kier alpha value is -4.72. The fourth-order valence-corrected chi connectivity index (χ4v) is 5.19. The van der Waals surface area contributed by atoms with Gasteiger partial charge in [-0.3, -0.25) is 19.6 Å². The summed E-state index contributed by atoms with van der Waals surface area (Å²) in [5.74, 6) is 1.58. The highest BCUT2D eigenvalue weighted by Crippen LogP contribution is 2.39. The zero-order chi connectivity index (χ0) is 26.8. The largest absolute Gasteiger partial charge is 0.494 e. The summed E-state index contributed by atoms with van der Waals surface area (Å²) in [6, 6.07) is 18.8. The number of amides is 2. The van der Waals surface area contributed by atoms with Crippen LogP contribution in [-0.2, 0) is 6.42 Å². The maximum absolute atomic E-state index is 13.9. The van der Waals surface area contributed by atoms with Crippen LogP contribution in [0, 0.1) is 6.92 Å². The molecule has 3 aliphatic rings. The number of nitrogens with zero attached hydrogens (tertiary/aromatic N) is 3. The van der Waals surface area contributed by atoms with Crippen LogP contribution in [0.25, 0.3) is 0 Å². The third kappa shape index (κ3) is 5.05. The third-order valence-electron chi connectivity index (χ3n) is 7.10. The number of hydrogen-bond donors (Lipinski definition) is 1. The maximum Gasteiger partial charge on any atom is 0.256 e. The number of pyridine rings is 2. The van der Waals surface area contributed by atoms with E-state index in [9.17, 15) is 9.59 Å². The number of fused-ring (bicyclic) bond motifs is 6. The highest BCUT2D eigenvalue weighted by Gasteiger charge is 2.34. The number of hydrogen-bond acceptors (Lipinski definition) is 6. The molecule has 0 saturated heterocycles. The summed E-state index contributed by atoms with van der Waals surface area (Å²) < 4.78 is 12.2. The Morgan fingerprint density at radius 2 is 1.95 bits per heavy atom. The van der Waals surface area contributed by atoms with Crippen molar-refractivity contribution in [2.45, 2.75) is 25.8 Å². The first-order valence-corrected chi connectivity index (χ1v) is 13.1. The summed E-state index contributed by atoms with van der Waals surface area (Å²) in [4.78, 5) is 36.9. The number of benzene rings is 2. The van der Waals surface area contributed by atoms with Crippen LogP contribution in [0.5, 0.6) is 17.2 Å². The number of aryl methyl sites for hydroxylation is 1. The lowest BCUT2D eigenvalue weighted by Gasteiger charge is -2.38. The van der Waals surface area contributed by atoms with Gasteiger partial charge in [0.2, 0.25) is 0 Å². The number of nitrogens with one attached hydrogen (secondary N) is 1. The molecule has 4 aromatic rings. The van der Waals surface area contributed by atoms with E-state index in [4.69, 9.17) is 9.47 Å². The summed E-state index contributed by atoms with van der Waals surface area (Å²) >= 11 is 0. The van der Waals surface area contributed by atoms with Crippen molar-refractivity contribution in [1.29, 1.82) is 0 Å². The van der Waals surface area contributed by atoms with Gasteiger partial charge in [0, 0.05) is 31.2 Å². The second-order valence-corrected chi connectivity index (χ2v) is 9.69. The van der Waals surface area contributed by atoms with Gasteiger partial charge in [-0.05, 0) is 78.9 Å². The normalized spacial score (nSPS) is 16.8. The summed E-state index contributed by atoms with van der Waals surface area (Å²) in [6.45, 7) is 3.30. The van der Waals surface area contributed by atoms with E-state index in [1.54, 1.807) is 24.5 Å². The fourth-order valence-electron chi connectivity index (χ4n) is 5.19. The van der Waals surface area contributed by atoms with E-state index in [1.165, 1.54) is 6.20 Å². The zero-order valence-corrected chi connectivity index (χ0v) is 21.6. The predicted molar refractivity (Wildman–Crippen MR) is 145 cm³/mol. The molecule has 2 aromatic carbocycles. The summed E-state index contributed by atoms with van der Waals surface area (Å²) in [5.41, 5.74) is 4.83. The topological polar surface area (TPSA) is 93.7 Å². The molecule has 7 rings (SSSR count). The zero-order valence-electron chi connectivity index (χ0n) is 21.6. The Balaban J connectivity index is 1.44. The van der Waals surface area contributed by atoms with E-state index in [-0.39, 0.29) is 17.9 Å². The molecule has 0 saturated carbocycles. The minimum absolute atomic E-state index is 0.0522. The predicted octanol–water partition coefficient (Wildman–Crippen LogP) is 4.88. The quantitative estimate of drug-likeness (QED) is 0.385. The highest BCUT2D eigenvalue weighted by atomic mass is 16.5. The highest BCUT2D eigenvalue weighted by molar-refractivity contribution is 5.96. The van der Waals surface area contributed by atoms with Crippen molar-refractivity contribution in [2.75, 3.05) is 19.7 Å². The molecule has 2 aromatic heterocycles. The maximum atomic E-state index is 13.9. The monoisotopic (exact) mass is 520 g/mol. The van der Waals surface area contributed by atoms with Gasteiger partial charge in [0.25, 0.3) is 11.8 Å². The smallest absolute Gasteiger partial charge is 0.256 e. The van der Waals surface area contributed by atoms with Crippen LogP contribution in [0.1, 0.15) is 55.6 Å². The third-order valence-corrected chi connectivity index (χ3v) is 7.10. The number of carbonyl (C=O) groups excluding carboxylic acids is 2. The summed E-state index contributed by atoms with van der Waals surface area (Å²) in [5, 5.41) is 2.91. The van der Waals surface area contributed by atoms with E-state index in [1.807, 2.05) is 60.4 Å². The van der Waals surface area contributed by atoms with E-state index < -0.39 is 0 Å². The van der Waals surface area contributed by atoms with Crippen molar-refractivity contribution in [3.63, 3.8) is 0 Å². The van der Waals surface area contributed by atoms with Crippen molar-refractivity contribution in [3.05, 3.63) is 113 Å². The van der Waals surface area contributed by atoms with Crippen LogP contribution < -0.4 is 14.8 Å². The lowest BCUT2D eigenvalue weighted by molar-refractivity contribution is 0.0692. The average molecular weight is 521 g/mol. The van der Waals surface area contributed by atoms with E-state index in [2.05, 4.69) is 15.3 Å². The molecule has 0 spiro atoms. The van der Waals surface area contributed by atoms with Crippen LogP contribution in [0.15, 0.2) is 79.3 Å². The van der Waals surface area contributed by atoms with Gasteiger partial charge in [-0.2, -0.15) is 0 Å². The van der Waals surface area contributed by atoms with Gasteiger partial charge in [0.15, 0.2) is 0 Å². The Kier molecular flexibility index (Phi) is 6.67. The number of carbonyl (C=O) groups is 2. The average Bonchev–Trinajstić information content (AvgIpc) is 2.96. The van der Waals surface area contributed by atoms with Crippen molar-refractivity contribution >= 4 is 11.8 Å². The molecule has 0 fully saturated rings. The van der Waals surface area contributed by atoms with Gasteiger partial charge in [-0.1, -0.05) is 18.2 Å². The summed E-state index contributed by atoms with van der Waals surface area (Å²) in [6.07, 6.45) is 6.12. The molecule has 39 heavy (non-hydrogen) atoms.